The summed E-state index contributed by atoms with van der Waals surface area (Å²) in [4.78, 5) is 0. The lowest BCUT2D eigenvalue weighted by Crippen LogP contribution is -2.39. The molecule has 0 saturated heterocycles. The SMILES string of the molecule is Cc1ccc(C)c(OCC(C)CNC(C)(C)C)c1. The number of hydrogen-bond donors (Lipinski definition) is 1. The maximum atomic E-state index is 5.90. The highest BCUT2D eigenvalue weighted by Crippen LogP contribution is 2.19. The van der Waals surface area contributed by atoms with Crippen LogP contribution in [-0.2, 0) is 0 Å². The normalized spacial score (nSPS) is 13.4. The molecule has 2 nitrogen and oxygen atoms in total. The number of aryl methyl sites for hydroxylation is 2. The van der Waals surface area contributed by atoms with Crippen molar-refractivity contribution in [2.24, 2.45) is 5.92 Å². The van der Waals surface area contributed by atoms with E-state index in [0.29, 0.717) is 5.92 Å². The molecule has 0 aromatic heterocycles. The number of benzene rings is 1. The Hall–Kier alpha value is -1.02. The molecule has 2 heteroatoms. The number of ether oxygens (including phenoxy) is 1. The van der Waals surface area contributed by atoms with Crippen molar-refractivity contribution in [2.45, 2.75) is 47.1 Å². The van der Waals surface area contributed by atoms with Crippen LogP contribution in [-0.4, -0.2) is 18.7 Å². The maximum Gasteiger partial charge on any atom is 0.122 e. The molecule has 0 saturated carbocycles. The van der Waals surface area contributed by atoms with Crippen LogP contribution in [0.1, 0.15) is 38.8 Å². The van der Waals surface area contributed by atoms with Crippen LogP contribution in [0.4, 0.5) is 0 Å². The van der Waals surface area contributed by atoms with Crippen LogP contribution in [0.5, 0.6) is 5.75 Å². The van der Waals surface area contributed by atoms with Gasteiger partial charge in [0, 0.05) is 18.0 Å². The van der Waals surface area contributed by atoms with Gasteiger partial charge in [-0.1, -0.05) is 19.1 Å². The van der Waals surface area contributed by atoms with Crippen molar-refractivity contribution >= 4 is 0 Å². The summed E-state index contributed by atoms with van der Waals surface area (Å²) in [5.74, 6) is 1.52. The second-order valence-corrected chi connectivity index (χ2v) is 6.32. The Labute approximate surface area is 112 Å². The minimum absolute atomic E-state index is 0.174. The second-order valence-electron chi connectivity index (χ2n) is 6.32. The summed E-state index contributed by atoms with van der Waals surface area (Å²) >= 11 is 0. The smallest absolute Gasteiger partial charge is 0.122 e. The van der Waals surface area contributed by atoms with E-state index < -0.39 is 0 Å². The Morgan fingerprint density at radius 3 is 2.50 bits per heavy atom. The number of hydrogen-bond acceptors (Lipinski definition) is 2. The molecule has 0 bridgehead atoms. The average Bonchev–Trinajstić information content (AvgIpc) is 2.26. The summed E-state index contributed by atoms with van der Waals surface area (Å²) in [6.45, 7) is 14.7. The lowest BCUT2D eigenvalue weighted by atomic mass is 10.1. The van der Waals surface area contributed by atoms with Gasteiger partial charge in [-0.3, -0.25) is 0 Å². The summed E-state index contributed by atoms with van der Waals surface area (Å²) < 4.78 is 5.90. The van der Waals surface area contributed by atoms with Gasteiger partial charge in [-0.25, -0.2) is 0 Å². The fourth-order valence-electron chi connectivity index (χ4n) is 1.63. The Bertz CT molecular complexity index is 379. The van der Waals surface area contributed by atoms with E-state index >= 15 is 0 Å². The third-order valence-electron chi connectivity index (χ3n) is 2.85. The minimum Gasteiger partial charge on any atom is -0.493 e. The zero-order chi connectivity index (χ0) is 13.8. The molecule has 102 valence electrons. The molecule has 1 rings (SSSR count). The second kappa shape index (κ2) is 6.24. The molecule has 0 aliphatic rings. The van der Waals surface area contributed by atoms with Gasteiger partial charge in [-0.15, -0.1) is 0 Å². The van der Waals surface area contributed by atoms with Gasteiger partial charge in [0.1, 0.15) is 5.75 Å². The first-order valence-corrected chi connectivity index (χ1v) is 6.73. The zero-order valence-corrected chi connectivity index (χ0v) is 12.6. The molecular weight excluding hydrogens is 222 g/mol. The number of rotatable bonds is 5. The van der Waals surface area contributed by atoms with E-state index in [1.54, 1.807) is 0 Å². The van der Waals surface area contributed by atoms with Gasteiger partial charge in [-0.05, 0) is 51.8 Å². The topological polar surface area (TPSA) is 21.3 Å². The number of nitrogens with one attached hydrogen (secondary N) is 1. The van der Waals surface area contributed by atoms with Gasteiger partial charge < -0.3 is 10.1 Å². The quantitative estimate of drug-likeness (QED) is 0.859. The van der Waals surface area contributed by atoms with Gasteiger partial charge in [0.05, 0.1) is 6.61 Å². The van der Waals surface area contributed by atoms with Crippen molar-refractivity contribution in [1.29, 1.82) is 0 Å². The Morgan fingerprint density at radius 1 is 1.22 bits per heavy atom. The molecule has 0 radical (unpaired) electrons. The van der Waals surface area contributed by atoms with E-state index in [1.165, 1.54) is 11.1 Å². The van der Waals surface area contributed by atoms with Crippen LogP contribution in [0, 0.1) is 19.8 Å². The van der Waals surface area contributed by atoms with E-state index in [4.69, 9.17) is 4.74 Å². The Morgan fingerprint density at radius 2 is 1.89 bits per heavy atom. The average molecular weight is 249 g/mol. The predicted molar refractivity (Wildman–Crippen MR) is 78.3 cm³/mol. The van der Waals surface area contributed by atoms with Crippen LogP contribution in [0.2, 0.25) is 0 Å². The Kier molecular flexibility index (Phi) is 5.21. The highest BCUT2D eigenvalue weighted by atomic mass is 16.5. The van der Waals surface area contributed by atoms with Gasteiger partial charge in [0.15, 0.2) is 0 Å². The summed E-state index contributed by atoms with van der Waals surface area (Å²) in [7, 11) is 0. The zero-order valence-electron chi connectivity index (χ0n) is 12.6. The van der Waals surface area contributed by atoms with Gasteiger partial charge in [0.25, 0.3) is 0 Å². The molecule has 1 N–H and O–H groups in total. The molecule has 0 aliphatic carbocycles. The van der Waals surface area contributed by atoms with Gasteiger partial charge in [0.2, 0.25) is 0 Å². The maximum absolute atomic E-state index is 5.90. The summed E-state index contributed by atoms with van der Waals surface area (Å²) in [5, 5.41) is 3.50. The molecule has 1 aromatic rings. The van der Waals surface area contributed by atoms with E-state index in [-0.39, 0.29) is 5.54 Å². The monoisotopic (exact) mass is 249 g/mol. The van der Waals surface area contributed by atoms with Crippen molar-refractivity contribution in [2.75, 3.05) is 13.2 Å². The molecule has 1 aromatic carbocycles. The predicted octanol–water partition coefficient (Wildman–Crippen LogP) is 3.71. The lowest BCUT2D eigenvalue weighted by Gasteiger charge is -2.23. The van der Waals surface area contributed by atoms with E-state index in [1.807, 2.05) is 0 Å². The first-order valence-electron chi connectivity index (χ1n) is 6.73. The molecule has 0 spiro atoms. The van der Waals surface area contributed by atoms with Crippen LogP contribution >= 0.6 is 0 Å². The lowest BCUT2D eigenvalue weighted by molar-refractivity contribution is 0.243. The van der Waals surface area contributed by atoms with E-state index in [2.05, 4.69) is 65.1 Å². The fraction of sp³-hybridized carbons (Fsp3) is 0.625. The van der Waals surface area contributed by atoms with Gasteiger partial charge in [-0.2, -0.15) is 0 Å². The molecular formula is C16H27NO. The standard InChI is InChI=1S/C16H27NO/c1-12-7-8-14(3)15(9-12)18-11-13(2)10-17-16(4,5)6/h7-9,13,17H,10-11H2,1-6H3. The van der Waals surface area contributed by atoms with Crippen LogP contribution in [0.3, 0.4) is 0 Å². The summed E-state index contributed by atoms with van der Waals surface area (Å²) in [6, 6.07) is 6.34. The molecule has 18 heavy (non-hydrogen) atoms. The molecule has 1 atom stereocenters. The molecule has 0 aliphatic heterocycles. The fourth-order valence-corrected chi connectivity index (χ4v) is 1.63. The Balaban J connectivity index is 2.42. The third kappa shape index (κ3) is 5.54. The third-order valence-corrected chi connectivity index (χ3v) is 2.85. The van der Waals surface area contributed by atoms with E-state index in [0.717, 1.165) is 18.9 Å². The minimum atomic E-state index is 0.174. The van der Waals surface area contributed by atoms with Crippen molar-refractivity contribution in [3.05, 3.63) is 29.3 Å². The summed E-state index contributed by atoms with van der Waals surface area (Å²) in [5.41, 5.74) is 2.63. The van der Waals surface area contributed by atoms with Crippen molar-refractivity contribution in [3.63, 3.8) is 0 Å². The first-order chi connectivity index (χ1) is 8.28. The molecule has 0 amide bonds. The highest BCUT2D eigenvalue weighted by Gasteiger charge is 2.11. The first kappa shape index (κ1) is 15.0. The molecule has 0 fully saturated rings. The van der Waals surface area contributed by atoms with Crippen LogP contribution in [0.15, 0.2) is 18.2 Å². The highest BCUT2D eigenvalue weighted by molar-refractivity contribution is 5.35. The molecule has 1 unspecified atom stereocenters. The summed E-state index contributed by atoms with van der Waals surface area (Å²) in [6.07, 6.45) is 0. The largest absolute Gasteiger partial charge is 0.493 e. The van der Waals surface area contributed by atoms with E-state index in [9.17, 15) is 0 Å². The van der Waals surface area contributed by atoms with Gasteiger partial charge >= 0.3 is 0 Å². The molecule has 0 heterocycles. The van der Waals surface area contributed by atoms with Crippen molar-refractivity contribution < 1.29 is 4.74 Å². The van der Waals surface area contributed by atoms with Crippen LogP contribution in [0.25, 0.3) is 0 Å². The van der Waals surface area contributed by atoms with Crippen LogP contribution < -0.4 is 10.1 Å². The van der Waals surface area contributed by atoms with Crippen molar-refractivity contribution in [3.8, 4) is 5.75 Å². The van der Waals surface area contributed by atoms with Crippen molar-refractivity contribution in [1.82, 2.24) is 5.32 Å².